The molecule has 0 saturated heterocycles. The third-order valence-electron chi connectivity index (χ3n) is 3.23. The summed E-state index contributed by atoms with van der Waals surface area (Å²) in [6.07, 6.45) is 7.09. The third kappa shape index (κ3) is 2.72. The summed E-state index contributed by atoms with van der Waals surface area (Å²) in [7, 11) is 2.27. The van der Waals surface area contributed by atoms with Crippen molar-refractivity contribution in [3.63, 3.8) is 0 Å². The summed E-state index contributed by atoms with van der Waals surface area (Å²) < 4.78 is 0. The predicted molar refractivity (Wildman–Crippen MR) is 79.1 cm³/mol. The Morgan fingerprint density at radius 3 is 2.18 bits per heavy atom. The Balaban J connectivity index is 2.75. The maximum absolute atomic E-state index is 2.40. The fraction of sp³-hybridized carbons (Fsp3) is 0.375. The van der Waals surface area contributed by atoms with Crippen molar-refractivity contribution < 1.29 is 0 Å². The first-order valence-electron chi connectivity index (χ1n) is 6.31. The Morgan fingerprint density at radius 2 is 1.59 bits per heavy atom. The molecule has 1 unspecified atom stereocenters. The van der Waals surface area contributed by atoms with E-state index in [2.05, 4.69) is 78.0 Å². The highest BCUT2D eigenvalue weighted by molar-refractivity contribution is 6.20. The molecule has 0 aromatic heterocycles. The zero-order valence-corrected chi connectivity index (χ0v) is 11.5. The SMILES string of the molecule is BC1(C)C=C(C(C)(C)C)C=c2ccccc2=C1. The average molecular weight is 224 g/mol. The second-order valence-corrected chi connectivity index (χ2v) is 6.59. The maximum Gasteiger partial charge on any atom is 0.119 e. The molecule has 0 amide bonds. The summed E-state index contributed by atoms with van der Waals surface area (Å²) in [5, 5.41) is 2.79. The van der Waals surface area contributed by atoms with E-state index in [1.807, 2.05) is 0 Å². The van der Waals surface area contributed by atoms with E-state index in [9.17, 15) is 0 Å². The molecule has 0 saturated carbocycles. The third-order valence-corrected chi connectivity index (χ3v) is 3.23. The van der Waals surface area contributed by atoms with Gasteiger partial charge in [0.05, 0.1) is 0 Å². The van der Waals surface area contributed by atoms with E-state index in [0.717, 1.165) is 0 Å². The molecule has 0 N–H and O–H groups in total. The minimum atomic E-state index is 0.117. The van der Waals surface area contributed by atoms with Gasteiger partial charge in [0.1, 0.15) is 7.85 Å². The van der Waals surface area contributed by atoms with E-state index in [1.165, 1.54) is 16.0 Å². The van der Waals surface area contributed by atoms with Crippen molar-refractivity contribution in [2.75, 3.05) is 0 Å². The van der Waals surface area contributed by atoms with E-state index >= 15 is 0 Å². The molecule has 0 aliphatic heterocycles. The van der Waals surface area contributed by atoms with Crippen molar-refractivity contribution >= 4 is 20.0 Å². The lowest BCUT2D eigenvalue weighted by molar-refractivity contribution is 0.520. The van der Waals surface area contributed by atoms with Crippen LogP contribution in [0.3, 0.4) is 0 Å². The molecule has 0 spiro atoms. The lowest BCUT2D eigenvalue weighted by Gasteiger charge is -2.24. The molecule has 1 aliphatic carbocycles. The first kappa shape index (κ1) is 12.2. The van der Waals surface area contributed by atoms with E-state index in [0.29, 0.717) is 0 Å². The Labute approximate surface area is 105 Å². The fourth-order valence-corrected chi connectivity index (χ4v) is 2.26. The van der Waals surface area contributed by atoms with Crippen molar-refractivity contribution in [2.24, 2.45) is 5.41 Å². The summed E-state index contributed by atoms with van der Waals surface area (Å²) in [5.74, 6) is 0. The van der Waals surface area contributed by atoms with Crippen LogP contribution >= 0.6 is 0 Å². The van der Waals surface area contributed by atoms with E-state index in [4.69, 9.17) is 0 Å². The standard InChI is InChI=1S/C16H21B/c1-15(2,3)14-9-12-7-5-6-8-13(12)10-16(4,17)11-14/h5-11H,17H2,1-4H3. The first-order chi connectivity index (χ1) is 7.78. The molecular formula is C16H21B. The van der Waals surface area contributed by atoms with Crippen LogP contribution in [0.15, 0.2) is 35.9 Å². The number of fused-ring (bicyclic) bond motifs is 1. The molecule has 1 aromatic carbocycles. The molecule has 0 radical (unpaired) electrons. The van der Waals surface area contributed by atoms with Crippen LogP contribution < -0.4 is 10.4 Å². The minimum Gasteiger partial charge on any atom is -0.0792 e. The van der Waals surface area contributed by atoms with Crippen LogP contribution in [-0.4, -0.2) is 7.85 Å². The van der Waals surface area contributed by atoms with Gasteiger partial charge in [-0.05, 0) is 26.7 Å². The summed E-state index contributed by atoms with van der Waals surface area (Å²) in [4.78, 5) is 0. The summed E-state index contributed by atoms with van der Waals surface area (Å²) in [6, 6.07) is 8.63. The highest BCUT2D eigenvalue weighted by Crippen LogP contribution is 2.34. The van der Waals surface area contributed by atoms with Gasteiger partial charge in [-0.25, -0.2) is 0 Å². The molecule has 0 bridgehead atoms. The van der Waals surface area contributed by atoms with Crippen molar-refractivity contribution in [3.8, 4) is 0 Å². The summed E-state index contributed by atoms with van der Waals surface area (Å²) in [6.45, 7) is 9.10. The van der Waals surface area contributed by atoms with Gasteiger partial charge in [-0.2, -0.15) is 0 Å². The summed E-state index contributed by atoms with van der Waals surface area (Å²) >= 11 is 0. The highest BCUT2D eigenvalue weighted by atomic mass is 14.2. The Morgan fingerprint density at radius 1 is 1.00 bits per heavy atom. The number of rotatable bonds is 0. The van der Waals surface area contributed by atoms with E-state index < -0.39 is 0 Å². The van der Waals surface area contributed by atoms with E-state index in [-0.39, 0.29) is 10.7 Å². The number of allylic oxidation sites excluding steroid dienone is 2. The normalized spacial score (nSPS) is 23.9. The van der Waals surface area contributed by atoms with Crippen LogP contribution in [0.5, 0.6) is 0 Å². The molecule has 1 aromatic rings. The molecule has 0 fully saturated rings. The van der Waals surface area contributed by atoms with Crippen LogP contribution in [0.2, 0.25) is 5.31 Å². The van der Waals surface area contributed by atoms with Crippen LogP contribution in [-0.2, 0) is 0 Å². The number of benzene rings is 1. The van der Waals surface area contributed by atoms with Gasteiger partial charge in [0.25, 0.3) is 0 Å². The highest BCUT2D eigenvalue weighted by Gasteiger charge is 2.21. The van der Waals surface area contributed by atoms with Crippen molar-refractivity contribution in [2.45, 2.75) is 33.0 Å². The molecule has 1 aliphatic rings. The predicted octanol–water partition coefficient (Wildman–Crippen LogP) is 2.05. The molecule has 1 heteroatoms. The molecule has 0 heterocycles. The minimum absolute atomic E-state index is 0.117. The Hall–Kier alpha value is -1.24. The van der Waals surface area contributed by atoms with Crippen LogP contribution in [0.1, 0.15) is 27.7 Å². The molecule has 0 nitrogen and oxygen atoms in total. The number of hydrogen-bond acceptors (Lipinski definition) is 0. The van der Waals surface area contributed by atoms with E-state index in [1.54, 1.807) is 0 Å². The average Bonchev–Trinajstić information content (AvgIpc) is 2.30. The first-order valence-corrected chi connectivity index (χ1v) is 6.31. The van der Waals surface area contributed by atoms with Gasteiger partial charge in [0, 0.05) is 0 Å². The monoisotopic (exact) mass is 224 g/mol. The molecule has 17 heavy (non-hydrogen) atoms. The topological polar surface area (TPSA) is 0 Å². The van der Waals surface area contributed by atoms with Gasteiger partial charge in [0.15, 0.2) is 0 Å². The van der Waals surface area contributed by atoms with Gasteiger partial charge in [-0.3, -0.25) is 0 Å². The van der Waals surface area contributed by atoms with Gasteiger partial charge < -0.3 is 0 Å². The zero-order valence-electron chi connectivity index (χ0n) is 11.5. The number of hydrogen-bond donors (Lipinski definition) is 0. The fourth-order valence-electron chi connectivity index (χ4n) is 2.26. The smallest absolute Gasteiger partial charge is 0.0792 e. The Bertz CT molecular complexity index is 568. The molecule has 2 rings (SSSR count). The summed E-state index contributed by atoms with van der Waals surface area (Å²) in [5.41, 5.74) is 1.62. The second-order valence-electron chi connectivity index (χ2n) is 6.59. The van der Waals surface area contributed by atoms with Crippen LogP contribution in [0, 0.1) is 5.41 Å². The molecule has 1 atom stereocenters. The van der Waals surface area contributed by atoms with Crippen molar-refractivity contribution in [1.82, 2.24) is 0 Å². The molecule has 88 valence electrons. The lowest BCUT2D eigenvalue weighted by atomic mass is 9.68. The lowest BCUT2D eigenvalue weighted by Crippen LogP contribution is -2.25. The quantitative estimate of drug-likeness (QED) is 0.591. The maximum atomic E-state index is 2.40. The van der Waals surface area contributed by atoms with Crippen LogP contribution in [0.4, 0.5) is 0 Å². The van der Waals surface area contributed by atoms with Gasteiger partial charge in [-0.1, -0.05) is 70.2 Å². The Kier molecular flexibility index (Phi) is 2.81. The van der Waals surface area contributed by atoms with Crippen molar-refractivity contribution in [1.29, 1.82) is 0 Å². The van der Waals surface area contributed by atoms with Gasteiger partial charge in [0.2, 0.25) is 0 Å². The second kappa shape index (κ2) is 3.91. The van der Waals surface area contributed by atoms with Crippen molar-refractivity contribution in [3.05, 3.63) is 46.4 Å². The van der Waals surface area contributed by atoms with Gasteiger partial charge >= 0.3 is 0 Å². The van der Waals surface area contributed by atoms with Crippen LogP contribution in [0.25, 0.3) is 12.2 Å². The molecular weight excluding hydrogens is 203 g/mol. The van der Waals surface area contributed by atoms with Gasteiger partial charge in [-0.15, -0.1) is 0 Å². The zero-order chi connectivity index (χ0) is 12.7. The largest absolute Gasteiger partial charge is 0.119 e.